The first-order chi connectivity index (χ1) is 6.16. The molecule has 0 fully saturated rings. The molecule has 0 aliphatic carbocycles. The standard InChI is InChI=1S/C9H17N3O/c1-4-10-7(2)9(13)8-5-6-11-12(8)3/h5-7,9-10,13H,4H2,1-3H3. The number of hydrogen-bond acceptors (Lipinski definition) is 3. The first kappa shape index (κ1) is 10.2. The molecule has 1 aromatic rings. The van der Waals surface area contributed by atoms with Gasteiger partial charge in [0, 0.05) is 19.3 Å². The van der Waals surface area contributed by atoms with Crippen LogP contribution in [0.15, 0.2) is 12.3 Å². The van der Waals surface area contributed by atoms with E-state index < -0.39 is 6.10 Å². The third-order valence-electron chi connectivity index (χ3n) is 2.16. The summed E-state index contributed by atoms with van der Waals surface area (Å²) >= 11 is 0. The lowest BCUT2D eigenvalue weighted by atomic mass is 10.1. The number of rotatable bonds is 4. The minimum Gasteiger partial charge on any atom is -0.385 e. The number of aryl methyl sites for hydroxylation is 1. The smallest absolute Gasteiger partial charge is 0.111 e. The molecule has 0 spiro atoms. The van der Waals surface area contributed by atoms with Crippen LogP contribution in [0.25, 0.3) is 0 Å². The van der Waals surface area contributed by atoms with Gasteiger partial charge in [0.1, 0.15) is 6.10 Å². The van der Waals surface area contributed by atoms with Gasteiger partial charge in [0.05, 0.1) is 5.69 Å². The molecule has 0 aliphatic heterocycles. The molecule has 0 aliphatic rings. The number of aliphatic hydroxyl groups excluding tert-OH is 1. The fourth-order valence-electron chi connectivity index (χ4n) is 1.36. The average Bonchev–Trinajstić information content (AvgIpc) is 2.50. The SMILES string of the molecule is CCNC(C)C(O)c1ccnn1C. The van der Waals surface area contributed by atoms with Gasteiger partial charge in [-0.2, -0.15) is 5.10 Å². The number of hydrogen-bond donors (Lipinski definition) is 2. The highest BCUT2D eigenvalue weighted by atomic mass is 16.3. The predicted octanol–water partition coefficient (Wildman–Crippen LogP) is 0.451. The summed E-state index contributed by atoms with van der Waals surface area (Å²) in [6.07, 6.45) is 1.20. The van der Waals surface area contributed by atoms with Crippen molar-refractivity contribution < 1.29 is 5.11 Å². The van der Waals surface area contributed by atoms with Crippen molar-refractivity contribution in [2.24, 2.45) is 7.05 Å². The maximum atomic E-state index is 9.87. The van der Waals surface area contributed by atoms with Gasteiger partial charge in [0.25, 0.3) is 0 Å². The molecule has 2 atom stereocenters. The summed E-state index contributed by atoms with van der Waals surface area (Å²) in [6, 6.07) is 1.89. The number of nitrogens with one attached hydrogen (secondary N) is 1. The second-order valence-electron chi connectivity index (χ2n) is 3.17. The van der Waals surface area contributed by atoms with Crippen molar-refractivity contribution >= 4 is 0 Å². The first-order valence-electron chi connectivity index (χ1n) is 4.56. The first-order valence-corrected chi connectivity index (χ1v) is 4.56. The maximum Gasteiger partial charge on any atom is 0.111 e. The Kier molecular flexibility index (Phi) is 3.45. The van der Waals surface area contributed by atoms with Crippen molar-refractivity contribution in [3.63, 3.8) is 0 Å². The van der Waals surface area contributed by atoms with Crippen molar-refractivity contribution in [3.8, 4) is 0 Å². The fraction of sp³-hybridized carbons (Fsp3) is 0.667. The molecule has 0 aromatic carbocycles. The van der Waals surface area contributed by atoms with Gasteiger partial charge in [0.15, 0.2) is 0 Å². The number of nitrogens with zero attached hydrogens (tertiary/aromatic N) is 2. The Labute approximate surface area is 78.6 Å². The van der Waals surface area contributed by atoms with Crippen LogP contribution in [0.2, 0.25) is 0 Å². The van der Waals surface area contributed by atoms with Crippen LogP contribution in [0, 0.1) is 0 Å². The number of aliphatic hydroxyl groups is 1. The van der Waals surface area contributed by atoms with E-state index in [4.69, 9.17) is 0 Å². The molecule has 1 rings (SSSR count). The summed E-state index contributed by atoms with van der Waals surface area (Å²) in [5.74, 6) is 0. The lowest BCUT2D eigenvalue weighted by Crippen LogP contribution is -2.32. The number of likely N-dealkylation sites (N-methyl/N-ethyl adjacent to an activating group) is 1. The summed E-state index contributed by atoms with van der Waals surface area (Å²) in [7, 11) is 1.83. The van der Waals surface area contributed by atoms with Crippen LogP contribution < -0.4 is 5.32 Å². The van der Waals surface area contributed by atoms with Gasteiger partial charge in [-0.15, -0.1) is 0 Å². The summed E-state index contributed by atoms with van der Waals surface area (Å²) in [6.45, 7) is 4.84. The van der Waals surface area contributed by atoms with Crippen LogP contribution >= 0.6 is 0 Å². The third-order valence-corrected chi connectivity index (χ3v) is 2.16. The molecule has 4 heteroatoms. The largest absolute Gasteiger partial charge is 0.385 e. The fourth-order valence-corrected chi connectivity index (χ4v) is 1.36. The van der Waals surface area contributed by atoms with Gasteiger partial charge in [-0.05, 0) is 19.5 Å². The van der Waals surface area contributed by atoms with Crippen LogP contribution in [0.5, 0.6) is 0 Å². The summed E-state index contributed by atoms with van der Waals surface area (Å²) in [5.41, 5.74) is 0.841. The summed E-state index contributed by atoms with van der Waals surface area (Å²) < 4.78 is 1.69. The molecule has 2 unspecified atom stereocenters. The highest BCUT2D eigenvalue weighted by Gasteiger charge is 2.17. The van der Waals surface area contributed by atoms with E-state index in [0.717, 1.165) is 12.2 Å². The molecule has 4 nitrogen and oxygen atoms in total. The predicted molar refractivity (Wildman–Crippen MR) is 51.3 cm³/mol. The Morgan fingerprint density at radius 3 is 2.85 bits per heavy atom. The van der Waals surface area contributed by atoms with Crippen molar-refractivity contribution in [1.29, 1.82) is 0 Å². The lowest BCUT2D eigenvalue weighted by molar-refractivity contribution is 0.128. The maximum absolute atomic E-state index is 9.87. The van der Waals surface area contributed by atoms with E-state index in [2.05, 4.69) is 10.4 Å². The van der Waals surface area contributed by atoms with Gasteiger partial charge in [-0.1, -0.05) is 6.92 Å². The van der Waals surface area contributed by atoms with E-state index in [9.17, 15) is 5.11 Å². The van der Waals surface area contributed by atoms with E-state index in [1.54, 1.807) is 10.9 Å². The normalized spacial score (nSPS) is 15.7. The highest BCUT2D eigenvalue weighted by Crippen LogP contribution is 2.14. The van der Waals surface area contributed by atoms with Crippen molar-refractivity contribution in [2.45, 2.75) is 26.0 Å². The monoisotopic (exact) mass is 183 g/mol. The van der Waals surface area contributed by atoms with Gasteiger partial charge >= 0.3 is 0 Å². The molecular formula is C9H17N3O. The van der Waals surface area contributed by atoms with Crippen LogP contribution in [-0.2, 0) is 7.05 Å². The van der Waals surface area contributed by atoms with Gasteiger partial charge < -0.3 is 10.4 Å². The molecule has 2 N–H and O–H groups in total. The molecule has 1 heterocycles. The van der Waals surface area contributed by atoms with Crippen molar-refractivity contribution in [1.82, 2.24) is 15.1 Å². The summed E-state index contributed by atoms with van der Waals surface area (Å²) in [4.78, 5) is 0. The zero-order chi connectivity index (χ0) is 9.84. The van der Waals surface area contributed by atoms with Crippen LogP contribution in [0.3, 0.4) is 0 Å². The van der Waals surface area contributed by atoms with Crippen LogP contribution in [-0.4, -0.2) is 27.5 Å². The highest BCUT2D eigenvalue weighted by molar-refractivity contribution is 5.06. The third kappa shape index (κ3) is 2.29. The van der Waals surface area contributed by atoms with E-state index in [0.29, 0.717) is 0 Å². The van der Waals surface area contributed by atoms with Gasteiger partial charge in [-0.3, -0.25) is 4.68 Å². The minimum absolute atomic E-state index is 0.0559. The zero-order valence-electron chi connectivity index (χ0n) is 8.36. The summed E-state index contributed by atoms with van der Waals surface area (Å²) in [5, 5.41) is 17.0. The molecule has 0 amide bonds. The molecule has 0 saturated heterocycles. The molecule has 0 bridgehead atoms. The van der Waals surface area contributed by atoms with Crippen molar-refractivity contribution in [2.75, 3.05) is 6.54 Å². The minimum atomic E-state index is -0.493. The molecule has 0 radical (unpaired) electrons. The molecule has 74 valence electrons. The molecular weight excluding hydrogens is 166 g/mol. The molecule has 1 aromatic heterocycles. The average molecular weight is 183 g/mol. The Balaban J connectivity index is 2.67. The Hall–Kier alpha value is -0.870. The zero-order valence-corrected chi connectivity index (χ0v) is 8.36. The Bertz CT molecular complexity index is 259. The van der Waals surface area contributed by atoms with E-state index in [1.807, 2.05) is 27.0 Å². The van der Waals surface area contributed by atoms with Crippen LogP contribution in [0.4, 0.5) is 0 Å². The molecule has 13 heavy (non-hydrogen) atoms. The van der Waals surface area contributed by atoms with Gasteiger partial charge in [0.2, 0.25) is 0 Å². The van der Waals surface area contributed by atoms with E-state index >= 15 is 0 Å². The van der Waals surface area contributed by atoms with Crippen molar-refractivity contribution in [3.05, 3.63) is 18.0 Å². The van der Waals surface area contributed by atoms with E-state index in [1.165, 1.54) is 0 Å². The number of aromatic nitrogens is 2. The van der Waals surface area contributed by atoms with E-state index in [-0.39, 0.29) is 6.04 Å². The second kappa shape index (κ2) is 4.39. The Morgan fingerprint density at radius 1 is 1.69 bits per heavy atom. The molecule has 0 saturated carbocycles. The lowest BCUT2D eigenvalue weighted by Gasteiger charge is -2.19. The van der Waals surface area contributed by atoms with Crippen LogP contribution in [0.1, 0.15) is 25.6 Å². The quantitative estimate of drug-likeness (QED) is 0.712. The van der Waals surface area contributed by atoms with Gasteiger partial charge in [-0.25, -0.2) is 0 Å². The second-order valence-corrected chi connectivity index (χ2v) is 3.17. The topological polar surface area (TPSA) is 50.1 Å². The Morgan fingerprint density at radius 2 is 2.38 bits per heavy atom.